The van der Waals surface area contributed by atoms with E-state index < -0.39 is 20.0 Å². The average Bonchev–Trinajstić information content (AvgIpc) is 3.11. The first-order valence-electron chi connectivity index (χ1n) is 11.0. The molecular formula is C26H35NO3Si. The fourth-order valence-corrected chi connectivity index (χ4v) is 8.91. The number of alkyl carbamates (subject to hydrolysis) is 1. The highest BCUT2D eigenvalue weighted by Gasteiger charge is 2.52. The van der Waals surface area contributed by atoms with E-state index in [1.807, 2.05) is 32.9 Å². The van der Waals surface area contributed by atoms with Crippen LogP contribution in [0, 0.1) is 0 Å². The lowest BCUT2D eigenvalue weighted by Crippen LogP contribution is -2.68. The van der Waals surface area contributed by atoms with E-state index in [1.165, 1.54) is 10.4 Å². The Hall–Kier alpha value is -2.37. The second kappa shape index (κ2) is 9.01. The van der Waals surface area contributed by atoms with Gasteiger partial charge in [-0.1, -0.05) is 93.6 Å². The minimum Gasteiger partial charge on any atom is -0.444 e. The SMILES string of the molecule is CC(C)(C)OC(=O)N[C@@H]1CC=C[C@H]1O[Si](c1ccccc1)(c1ccccc1)C(C)(C)C. The molecule has 1 N–H and O–H groups in total. The highest BCUT2D eigenvalue weighted by Crippen LogP contribution is 2.38. The Morgan fingerprint density at radius 1 is 0.903 bits per heavy atom. The molecule has 0 spiro atoms. The Bertz CT molecular complexity index is 858. The van der Waals surface area contributed by atoms with Crippen molar-refractivity contribution in [3.63, 3.8) is 0 Å². The van der Waals surface area contributed by atoms with Crippen LogP contribution in [0.2, 0.25) is 5.04 Å². The van der Waals surface area contributed by atoms with Gasteiger partial charge in [0.1, 0.15) is 5.60 Å². The molecule has 0 saturated carbocycles. The molecule has 1 aliphatic carbocycles. The van der Waals surface area contributed by atoms with E-state index in [0.717, 1.165) is 6.42 Å². The molecule has 2 atom stereocenters. The third-order valence-corrected chi connectivity index (χ3v) is 10.6. The molecular weight excluding hydrogens is 402 g/mol. The largest absolute Gasteiger partial charge is 0.444 e. The number of benzene rings is 2. The number of ether oxygens (including phenoxy) is 1. The number of rotatable bonds is 5. The number of hydrogen-bond donors (Lipinski definition) is 1. The van der Waals surface area contributed by atoms with Crippen molar-refractivity contribution < 1.29 is 14.0 Å². The number of amides is 1. The molecule has 2 aromatic carbocycles. The first-order valence-corrected chi connectivity index (χ1v) is 12.9. The summed E-state index contributed by atoms with van der Waals surface area (Å²) in [5.74, 6) is 0. The molecule has 0 aliphatic heterocycles. The maximum absolute atomic E-state index is 12.5. The summed E-state index contributed by atoms with van der Waals surface area (Å²) >= 11 is 0. The van der Waals surface area contributed by atoms with Gasteiger partial charge in [0.25, 0.3) is 8.32 Å². The van der Waals surface area contributed by atoms with Crippen molar-refractivity contribution in [3.8, 4) is 0 Å². The average molecular weight is 438 g/mol. The van der Waals surface area contributed by atoms with Crippen LogP contribution in [0.25, 0.3) is 0 Å². The second-order valence-corrected chi connectivity index (χ2v) is 14.4. The van der Waals surface area contributed by atoms with Crippen molar-refractivity contribution in [1.29, 1.82) is 0 Å². The summed E-state index contributed by atoms with van der Waals surface area (Å²) in [5, 5.41) is 5.37. The summed E-state index contributed by atoms with van der Waals surface area (Å²) in [5.41, 5.74) is -0.537. The van der Waals surface area contributed by atoms with Gasteiger partial charge >= 0.3 is 6.09 Å². The number of carbonyl (C=O) groups excluding carboxylic acids is 1. The quantitative estimate of drug-likeness (QED) is 0.541. The van der Waals surface area contributed by atoms with E-state index >= 15 is 0 Å². The highest BCUT2D eigenvalue weighted by atomic mass is 28.4. The fraction of sp³-hybridized carbons (Fsp3) is 0.423. The summed E-state index contributed by atoms with van der Waals surface area (Å²) in [6.45, 7) is 12.4. The van der Waals surface area contributed by atoms with Gasteiger partial charge in [-0.05, 0) is 42.6 Å². The molecule has 0 fully saturated rings. The minimum absolute atomic E-state index is 0.122. The van der Waals surface area contributed by atoms with Crippen molar-refractivity contribution >= 4 is 24.8 Å². The highest BCUT2D eigenvalue weighted by molar-refractivity contribution is 6.99. The molecule has 0 saturated heterocycles. The van der Waals surface area contributed by atoms with Gasteiger partial charge in [-0.3, -0.25) is 0 Å². The van der Waals surface area contributed by atoms with Crippen LogP contribution in [0.1, 0.15) is 48.0 Å². The zero-order chi connectivity index (χ0) is 22.7. The molecule has 0 heterocycles. The van der Waals surface area contributed by atoms with Crippen molar-refractivity contribution in [2.24, 2.45) is 0 Å². The van der Waals surface area contributed by atoms with Crippen LogP contribution in [0.4, 0.5) is 4.79 Å². The van der Waals surface area contributed by atoms with E-state index in [4.69, 9.17) is 9.16 Å². The lowest BCUT2D eigenvalue weighted by Gasteiger charge is -2.45. The standard InChI is InChI=1S/C26H35NO3Si/c1-25(2,3)29-24(28)27-22-18-13-19-23(22)30-31(26(4,5)6,20-14-9-7-10-15-20)21-16-11-8-12-17-21/h7-17,19,22-23H,18H2,1-6H3,(H,27,28)/t22-,23-/m1/s1. The molecule has 1 amide bonds. The summed E-state index contributed by atoms with van der Waals surface area (Å²) in [6, 6.07) is 21.0. The Kier molecular flexibility index (Phi) is 6.77. The first-order chi connectivity index (χ1) is 14.5. The lowest BCUT2D eigenvalue weighted by molar-refractivity contribution is 0.0470. The lowest BCUT2D eigenvalue weighted by atomic mass is 10.2. The molecule has 0 unspecified atom stereocenters. The van der Waals surface area contributed by atoms with Gasteiger partial charge in [-0.2, -0.15) is 0 Å². The van der Waals surface area contributed by atoms with Crippen molar-refractivity contribution in [2.45, 2.75) is 70.7 Å². The molecule has 166 valence electrons. The zero-order valence-electron chi connectivity index (χ0n) is 19.5. The molecule has 5 heteroatoms. The monoisotopic (exact) mass is 437 g/mol. The third-order valence-electron chi connectivity index (χ3n) is 5.54. The number of hydrogen-bond acceptors (Lipinski definition) is 3. The molecule has 0 aromatic heterocycles. The van der Waals surface area contributed by atoms with Crippen LogP contribution < -0.4 is 15.7 Å². The van der Waals surface area contributed by atoms with Crippen LogP contribution in [0.15, 0.2) is 72.8 Å². The van der Waals surface area contributed by atoms with E-state index in [2.05, 4.69) is 86.8 Å². The van der Waals surface area contributed by atoms with Crippen LogP contribution in [-0.4, -0.2) is 32.2 Å². The molecule has 4 nitrogen and oxygen atoms in total. The van der Waals surface area contributed by atoms with Gasteiger partial charge in [0.05, 0.1) is 12.1 Å². The van der Waals surface area contributed by atoms with Gasteiger partial charge in [0.2, 0.25) is 0 Å². The Balaban J connectivity index is 1.99. The molecule has 3 rings (SSSR count). The van der Waals surface area contributed by atoms with Gasteiger partial charge in [0, 0.05) is 0 Å². The molecule has 0 radical (unpaired) electrons. The fourth-order valence-electron chi connectivity index (χ4n) is 4.24. The topological polar surface area (TPSA) is 47.6 Å². The maximum atomic E-state index is 12.5. The van der Waals surface area contributed by atoms with Gasteiger partial charge in [0.15, 0.2) is 0 Å². The Labute approximate surface area is 187 Å². The van der Waals surface area contributed by atoms with E-state index in [-0.39, 0.29) is 17.2 Å². The molecule has 0 bridgehead atoms. The summed E-state index contributed by atoms with van der Waals surface area (Å²) < 4.78 is 12.7. The van der Waals surface area contributed by atoms with Gasteiger partial charge in [-0.15, -0.1) is 0 Å². The predicted molar refractivity (Wildman–Crippen MR) is 129 cm³/mol. The summed E-state index contributed by atoms with van der Waals surface area (Å²) in [6.07, 6.45) is 4.27. The summed E-state index contributed by atoms with van der Waals surface area (Å²) in [7, 11) is -2.70. The molecule has 2 aromatic rings. The normalized spacial score (nSPS) is 19.3. The van der Waals surface area contributed by atoms with Gasteiger partial charge < -0.3 is 14.5 Å². The Morgan fingerprint density at radius 3 is 1.87 bits per heavy atom. The Morgan fingerprint density at radius 2 is 1.42 bits per heavy atom. The minimum atomic E-state index is -2.70. The van der Waals surface area contributed by atoms with Crippen LogP contribution >= 0.6 is 0 Å². The predicted octanol–water partition coefficient (Wildman–Crippen LogP) is 4.78. The van der Waals surface area contributed by atoms with Gasteiger partial charge in [-0.25, -0.2) is 4.79 Å². The van der Waals surface area contributed by atoms with Crippen molar-refractivity contribution in [1.82, 2.24) is 5.32 Å². The van der Waals surface area contributed by atoms with E-state index in [9.17, 15) is 4.79 Å². The van der Waals surface area contributed by atoms with Crippen molar-refractivity contribution in [2.75, 3.05) is 0 Å². The third kappa shape index (κ3) is 5.28. The number of carbonyl (C=O) groups is 1. The molecule has 31 heavy (non-hydrogen) atoms. The first kappa shape index (κ1) is 23.3. The zero-order valence-corrected chi connectivity index (χ0v) is 20.5. The van der Waals surface area contributed by atoms with Crippen molar-refractivity contribution in [3.05, 3.63) is 72.8 Å². The van der Waals surface area contributed by atoms with E-state index in [1.54, 1.807) is 0 Å². The van der Waals surface area contributed by atoms with Crippen LogP contribution in [-0.2, 0) is 9.16 Å². The molecule has 1 aliphatic rings. The van der Waals surface area contributed by atoms with E-state index in [0.29, 0.717) is 0 Å². The van der Waals surface area contributed by atoms with Crippen LogP contribution in [0.5, 0.6) is 0 Å². The number of nitrogens with one attached hydrogen (secondary N) is 1. The smallest absolute Gasteiger partial charge is 0.407 e. The second-order valence-electron chi connectivity index (χ2n) is 10.2. The van der Waals surface area contributed by atoms with Crippen LogP contribution in [0.3, 0.4) is 0 Å². The summed E-state index contributed by atoms with van der Waals surface area (Å²) in [4.78, 5) is 12.5. The maximum Gasteiger partial charge on any atom is 0.407 e.